The number of phenolic OH excluding ortho intramolecular Hbond substituents is 1. The zero-order chi connectivity index (χ0) is 24.0. The maximum absolute atomic E-state index is 12.9. The number of nitrogens with zero attached hydrogens (tertiary/aromatic N) is 2. The Morgan fingerprint density at radius 2 is 2.00 bits per heavy atom. The van der Waals surface area contributed by atoms with E-state index < -0.39 is 17.1 Å². The van der Waals surface area contributed by atoms with Gasteiger partial charge in [0.15, 0.2) is 29.1 Å². The predicted molar refractivity (Wildman–Crippen MR) is 131 cm³/mol. The summed E-state index contributed by atoms with van der Waals surface area (Å²) in [6, 6.07) is 7.79. The number of fused-ring (bicyclic) bond motifs is 4. The summed E-state index contributed by atoms with van der Waals surface area (Å²) in [5, 5.41) is 24.8. The van der Waals surface area contributed by atoms with Gasteiger partial charge in [0.1, 0.15) is 0 Å². The molecular weight excluding hydrogens is 456 g/mol. The van der Waals surface area contributed by atoms with E-state index in [0.29, 0.717) is 17.9 Å². The first-order valence-corrected chi connectivity index (χ1v) is 13.2. The highest BCUT2D eigenvalue weighted by Gasteiger charge is 2.73. The Hall–Kier alpha value is -3.03. The van der Waals surface area contributed by atoms with Crippen molar-refractivity contribution < 1.29 is 24.4 Å². The molecule has 36 heavy (non-hydrogen) atoms. The minimum atomic E-state index is -1.000. The van der Waals surface area contributed by atoms with Crippen molar-refractivity contribution in [2.45, 2.75) is 62.2 Å². The Balaban J connectivity index is 1.32. The van der Waals surface area contributed by atoms with Crippen LogP contribution in [0.15, 0.2) is 24.3 Å². The molecule has 1 spiro atoms. The fourth-order valence-electron chi connectivity index (χ4n) is 8.24. The molecule has 2 aromatic carbocycles. The lowest BCUT2D eigenvalue weighted by atomic mass is 9.48. The number of aromatic hydroxyl groups is 1. The first-order valence-electron chi connectivity index (χ1n) is 13.2. The van der Waals surface area contributed by atoms with Gasteiger partial charge in [-0.1, -0.05) is 6.07 Å². The van der Waals surface area contributed by atoms with Crippen LogP contribution in [0.25, 0.3) is 10.9 Å². The third-order valence-electron chi connectivity index (χ3n) is 10.1. The number of likely N-dealkylation sites (tertiary alicyclic amines) is 1. The van der Waals surface area contributed by atoms with Crippen LogP contribution in [0, 0.1) is 12.8 Å². The number of benzene rings is 2. The van der Waals surface area contributed by atoms with E-state index in [4.69, 9.17) is 19.2 Å². The maximum Gasteiger partial charge on any atom is 0.231 e. The molecule has 3 aromatic rings. The molecule has 2 bridgehead atoms. The number of hydrogen-bond donors (Lipinski definition) is 2. The van der Waals surface area contributed by atoms with Crippen molar-refractivity contribution in [3.8, 4) is 23.0 Å². The van der Waals surface area contributed by atoms with E-state index in [1.165, 1.54) is 18.4 Å². The smallest absolute Gasteiger partial charge is 0.231 e. The zero-order valence-electron chi connectivity index (χ0n) is 20.2. The van der Waals surface area contributed by atoms with E-state index in [9.17, 15) is 10.2 Å². The molecule has 7 heteroatoms. The third kappa shape index (κ3) is 2.18. The van der Waals surface area contributed by atoms with Gasteiger partial charge in [0.25, 0.3) is 0 Å². The number of aromatic nitrogens is 1. The van der Waals surface area contributed by atoms with Crippen molar-refractivity contribution in [1.82, 2.24) is 9.88 Å². The molecule has 4 heterocycles. The SMILES string of the molecule is Cc1c2c(nc3cc4c(cc13)OCO4)[C@@H]1Oc3c(O)ccc4c3[C@@]13CCN(CC1CC1)[C@H](C4)[C@]3(O)C2. The molecule has 1 aromatic heterocycles. The lowest BCUT2D eigenvalue weighted by molar-refractivity contribution is -0.173. The predicted octanol–water partition coefficient (Wildman–Crippen LogP) is 3.68. The number of piperidine rings is 1. The number of aryl methyl sites for hydroxylation is 1. The van der Waals surface area contributed by atoms with E-state index in [0.717, 1.165) is 70.9 Å². The number of hydrogen-bond acceptors (Lipinski definition) is 7. The van der Waals surface area contributed by atoms with E-state index >= 15 is 0 Å². The van der Waals surface area contributed by atoms with Crippen molar-refractivity contribution in [1.29, 1.82) is 0 Å². The third-order valence-corrected chi connectivity index (χ3v) is 10.1. The Morgan fingerprint density at radius 3 is 2.83 bits per heavy atom. The topological polar surface area (TPSA) is 84.3 Å². The summed E-state index contributed by atoms with van der Waals surface area (Å²) in [6.45, 7) is 4.32. The van der Waals surface area contributed by atoms with Crippen LogP contribution >= 0.6 is 0 Å². The van der Waals surface area contributed by atoms with E-state index in [-0.39, 0.29) is 18.6 Å². The van der Waals surface area contributed by atoms with Crippen molar-refractivity contribution in [3.63, 3.8) is 0 Å². The van der Waals surface area contributed by atoms with Crippen LogP contribution in [0.5, 0.6) is 23.0 Å². The van der Waals surface area contributed by atoms with Gasteiger partial charge in [-0.3, -0.25) is 4.90 Å². The Kier molecular flexibility index (Phi) is 3.49. The number of rotatable bonds is 2. The molecule has 0 unspecified atom stereocenters. The van der Waals surface area contributed by atoms with Crippen molar-refractivity contribution in [2.75, 3.05) is 19.9 Å². The summed E-state index contributed by atoms with van der Waals surface area (Å²) in [4.78, 5) is 7.74. The van der Waals surface area contributed by atoms with Crippen LogP contribution in [0.4, 0.5) is 0 Å². The molecule has 7 nitrogen and oxygen atoms in total. The van der Waals surface area contributed by atoms with Crippen LogP contribution in [-0.2, 0) is 18.3 Å². The number of aliphatic hydroxyl groups is 1. The van der Waals surface area contributed by atoms with E-state index in [2.05, 4.69) is 11.8 Å². The van der Waals surface area contributed by atoms with Gasteiger partial charge in [0.2, 0.25) is 6.79 Å². The standard InChI is InChI=1S/C29H28N2O5/c1-14-17-9-21-22(35-13-34-21)10-19(17)30-25-18(14)11-29(33)23-8-16-4-5-20(32)26-24(16)28(29,27(25)36-26)6-7-31(23)12-15-2-3-15/h4-5,9-10,15,23,27,32-33H,2-3,6-8,11-13H2,1H3/t23-,27+,28+,29-/m1/s1. The second kappa shape index (κ2) is 6.26. The summed E-state index contributed by atoms with van der Waals surface area (Å²) < 4.78 is 18.0. The van der Waals surface area contributed by atoms with Crippen molar-refractivity contribution in [2.24, 2.45) is 5.92 Å². The quantitative estimate of drug-likeness (QED) is 0.574. The number of pyridine rings is 1. The second-order valence-corrected chi connectivity index (χ2v) is 11.7. The van der Waals surface area contributed by atoms with Crippen molar-refractivity contribution >= 4 is 10.9 Å². The van der Waals surface area contributed by atoms with Gasteiger partial charge in [0.05, 0.1) is 22.2 Å². The molecule has 9 rings (SSSR count). The van der Waals surface area contributed by atoms with Crippen LogP contribution in [-0.4, -0.2) is 51.6 Å². The summed E-state index contributed by atoms with van der Waals surface area (Å²) in [7, 11) is 0. The van der Waals surface area contributed by atoms with E-state index in [1.807, 2.05) is 18.2 Å². The maximum atomic E-state index is 12.9. The molecular formula is C29H28N2O5. The highest BCUT2D eigenvalue weighted by atomic mass is 16.7. The number of phenols is 1. The first-order chi connectivity index (χ1) is 17.5. The molecule has 3 aliphatic heterocycles. The number of ether oxygens (including phenoxy) is 3. The van der Waals surface area contributed by atoms with Gasteiger partial charge < -0.3 is 24.4 Å². The fraction of sp³-hybridized carbons (Fsp3) is 0.483. The summed E-state index contributed by atoms with van der Waals surface area (Å²) in [5.74, 6) is 2.90. The summed E-state index contributed by atoms with van der Waals surface area (Å²) >= 11 is 0. The molecule has 2 N–H and O–H groups in total. The van der Waals surface area contributed by atoms with Crippen LogP contribution in [0.1, 0.15) is 53.3 Å². The second-order valence-electron chi connectivity index (χ2n) is 11.7. The molecule has 2 fully saturated rings. The van der Waals surface area contributed by atoms with Crippen LogP contribution in [0.2, 0.25) is 0 Å². The molecule has 1 saturated carbocycles. The van der Waals surface area contributed by atoms with E-state index in [1.54, 1.807) is 6.07 Å². The van der Waals surface area contributed by atoms with Crippen molar-refractivity contribution in [3.05, 3.63) is 52.2 Å². The largest absolute Gasteiger partial charge is 0.504 e. The molecule has 4 atom stereocenters. The zero-order valence-corrected chi connectivity index (χ0v) is 20.2. The Morgan fingerprint density at radius 1 is 1.17 bits per heavy atom. The monoisotopic (exact) mass is 484 g/mol. The molecule has 1 saturated heterocycles. The normalized spacial score (nSPS) is 32.8. The van der Waals surface area contributed by atoms with Gasteiger partial charge in [-0.15, -0.1) is 0 Å². The lowest BCUT2D eigenvalue weighted by Gasteiger charge is -2.63. The van der Waals surface area contributed by atoms with Gasteiger partial charge in [0, 0.05) is 36.0 Å². The van der Waals surface area contributed by atoms with Crippen LogP contribution < -0.4 is 14.2 Å². The summed E-state index contributed by atoms with van der Waals surface area (Å²) in [5.41, 5.74) is 4.52. The molecule has 0 radical (unpaired) electrons. The molecule has 0 amide bonds. The van der Waals surface area contributed by atoms with Gasteiger partial charge in [-0.05, 0) is 73.9 Å². The van der Waals surface area contributed by atoms with Gasteiger partial charge >= 0.3 is 0 Å². The Bertz CT molecular complexity index is 1520. The minimum Gasteiger partial charge on any atom is -0.504 e. The van der Waals surface area contributed by atoms with Gasteiger partial charge in [-0.25, -0.2) is 4.98 Å². The summed E-state index contributed by atoms with van der Waals surface area (Å²) in [6.07, 6.45) is 4.25. The fourth-order valence-corrected chi connectivity index (χ4v) is 8.24. The minimum absolute atomic E-state index is 0.0148. The molecule has 184 valence electrons. The van der Waals surface area contributed by atoms with Crippen LogP contribution in [0.3, 0.4) is 0 Å². The lowest BCUT2D eigenvalue weighted by Crippen LogP contribution is -2.74. The first kappa shape index (κ1) is 20.1. The Labute approximate surface area is 208 Å². The molecule has 3 aliphatic carbocycles. The average Bonchev–Trinajstić information content (AvgIpc) is 3.43. The highest BCUT2D eigenvalue weighted by Crippen LogP contribution is 2.69. The van der Waals surface area contributed by atoms with Gasteiger partial charge in [-0.2, -0.15) is 0 Å². The highest BCUT2D eigenvalue weighted by molar-refractivity contribution is 5.87. The average molecular weight is 485 g/mol. The molecule has 6 aliphatic rings.